The van der Waals surface area contributed by atoms with E-state index in [0.29, 0.717) is 38.8 Å². The average Bonchev–Trinajstić information content (AvgIpc) is 3.30. The SMILES string of the molecule is COCCOC1CC(CO)CN(c2nc(NCc3ccc4scc(C)c4c3)nc3ccc(OC)cc23)C1. The number of aryl methyl sites for hydroxylation is 1. The standard InChI is InChI=1S/C28H34N4O4S/c1-18-17-37-26-7-4-19(11-23(18)26)13-29-28-30-25-6-5-21(35-3)12-24(25)27(31-28)32-14-20(16-33)10-22(15-32)36-9-8-34-2/h4-7,11-12,17,20,22,33H,8-10,13-16H2,1-3H3,(H,29,30,31). The molecule has 1 aliphatic rings. The molecule has 1 saturated heterocycles. The van der Waals surface area contributed by atoms with Crippen molar-refractivity contribution in [3.05, 3.63) is 52.9 Å². The van der Waals surface area contributed by atoms with Crippen LogP contribution in [0, 0.1) is 12.8 Å². The smallest absolute Gasteiger partial charge is 0.225 e. The third-order valence-corrected chi connectivity index (χ3v) is 7.94. The maximum Gasteiger partial charge on any atom is 0.225 e. The van der Waals surface area contributed by atoms with Crippen molar-refractivity contribution in [2.75, 3.05) is 57.3 Å². The second-order valence-corrected chi connectivity index (χ2v) is 10.4. The summed E-state index contributed by atoms with van der Waals surface area (Å²) in [5.41, 5.74) is 3.31. The molecule has 2 atom stereocenters. The molecule has 9 heteroatoms. The zero-order valence-corrected chi connectivity index (χ0v) is 22.4. The number of thiophene rings is 1. The highest BCUT2D eigenvalue weighted by Crippen LogP contribution is 2.33. The van der Waals surface area contributed by atoms with Crippen molar-refractivity contribution in [3.63, 3.8) is 0 Å². The van der Waals surface area contributed by atoms with Crippen molar-refractivity contribution in [1.29, 1.82) is 0 Å². The van der Waals surface area contributed by atoms with Crippen LogP contribution in [0.1, 0.15) is 17.5 Å². The van der Waals surface area contributed by atoms with E-state index in [1.54, 1.807) is 25.6 Å². The third-order valence-electron chi connectivity index (χ3n) is 6.86. The van der Waals surface area contributed by atoms with Gasteiger partial charge in [-0.15, -0.1) is 11.3 Å². The molecule has 2 aromatic carbocycles. The van der Waals surface area contributed by atoms with E-state index in [1.165, 1.54) is 21.2 Å². The number of aliphatic hydroxyl groups is 1. The molecule has 2 unspecified atom stereocenters. The summed E-state index contributed by atoms with van der Waals surface area (Å²) in [6.07, 6.45) is 0.784. The summed E-state index contributed by atoms with van der Waals surface area (Å²) in [7, 11) is 3.33. The Morgan fingerprint density at radius 3 is 2.78 bits per heavy atom. The van der Waals surface area contributed by atoms with Gasteiger partial charge in [-0.1, -0.05) is 6.07 Å². The maximum absolute atomic E-state index is 10.0. The van der Waals surface area contributed by atoms with Crippen molar-refractivity contribution < 1.29 is 19.3 Å². The Kier molecular flexibility index (Phi) is 8.05. The van der Waals surface area contributed by atoms with E-state index in [-0.39, 0.29) is 18.6 Å². The lowest BCUT2D eigenvalue weighted by Gasteiger charge is -2.38. The van der Waals surface area contributed by atoms with Crippen LogP contribution in [0.15, 0.2) is 41.8 Å². The molecule has 0 radical (unpaired) electrons. The van der Waals surface area contributed by atoms with Crippen LogP contribution < -0.4 is 15.0 Å². The second kappa shape index (κ2) is 11.6. The number of piperidine rings is 1. The summed E-state index contributed by atoms with van der Waals surface area (Å²) in [5, 5.41) is 17.9. The van der Waals surface area contributed by atoms with Crippen LogP contribution in [0.5, 0.6) is 5.75 Å². The van der Waals surface area contributed by atoms with Gasteiger partial charge >= 0.3 is 0 Å². The van der Waals surface area contributed by atoms with Gasteiger partial charge in [-0.2, -0.15) is 4.98 Å². The zero-order valence-electron chi connectivity index (χ0n) is 21.6. The first-order valence-corrected chi connectivity index (χ1v) is 13.5. The van der Waals surface area contributed by atoms with Gasteiger partial charge in [-0.3, -0.25) is 0 Å². The van der Waals surface area contributed by atoms with Crippen molar-refractivity contribution in [2.24, 2.45) is 5.92 Å². The first-order chi connectivity index (χ1) is 18.1. The molecule has 1 aliphatic heterocycles. The topological polar surface area (TPSA) is 89.0 Å². The number of ether oxygens (including phenoxy) is 3. The fourth-order valence-corrected chi connectivity index (χ4v) is 5.83. The van der Waals surface area contributed by atoms with E-state index in [2.05, 4.69) is 40.7 Å². The Bertz CT molecular complexity index is 1360. The molecule has 2 N–H and O–H groups in total. The first kappa shape index (κ1) is 25.7. The highest BCUT2D eigenvalue weighted by atomic mass is 32.1. The molecular weight excluding hydrogens is 488 g/mol. The van der Waals surface area contributed by atoms with Crippen molar-refractivity contribution >= 4 is 44.1 Å². The van der Waals surface area contributed by atoms with E-state index < -0.39 is 0 Å². The van der Waals surface area contributed by atoms with Crippen LogP contribution in [-0.2, 0) is 16.0 Å². The Morgan fingerprint density at radius 1 is 1.08 bits per heavy atom. The summed E-state index contributed by atoms with van der Waals surface area (Å²) >= 11 is 1.77. The molecule has 1 fully saturated rings. The van der Waals surface area contributed by atoms with Crippen molar-refractivity contribution in [1.82, 2.24) is 9.97 Å². The molecule has 0 aliphatic carbocycles. The second-order valence-electron chi connectivity index (χ2n) is 9.53. The lowest BCUT2D eigenvalue weighted by molar-refractivity contribution is -0.00401. The minimum Gasteiger partial charge on any atom is -0.497 e. The Morgan fingerprint density at radius 2 is 1.97 bits per heavy atom. The molecule has 2 aromatic heterocycles. The highest BCUT2D eigenvalue weighted by molar-refractivity contribution is 7.17. The van der Waals surface area contributed by atoms with E-state index >= 15 is 0 Å². The lowest BCUT2D eigenvalue weighted by atomic mass is 9.96. The number of nitrogens with one attached hydrogen (secondary N) is 1. The quantitative estimate of drug-likeness (QED) is 0.292. The monoisotopic (exact) mass is 522 g/mol. The van der Waals surface area contributed by atoms with Crippen LogP contribution in [0.2, 0.25) is 0 Å². The predicted octanol–water partition coefficient (Wildman–Crippen LogP) is 4.62. The number of anilines is 2. The number of benzene rings is 2. The number of fused-ring (bicyclic) bond motifs is 2. The minimum absolute atomic E-state index is 0.0198. The van der Waals surface area contributed by atoms with Crippen LogP contribution in [0.3, 0.4) is 0 Å². The molecule has 0 saturated carbocycles. The summed E-state index contributed by atoms with van der Waals surface area (Å²) < 4.78 is 18.0. The van der Waals surface area contributed by atoms with Crippen molar-refractivity contribution in [2.45, 2.75) is 26.0 Å². The summed E-state index contributed by atoms with van der Waals surface area (Å²) in [6, 6.07) is 12.4. The molecule has 0 spiro atoms. The summed E-state index contributed by atoms with van der Waals surface area (Å²) in [6.45, 7) is 5.30. The van der Waals surface area contributed by atoms with Crippen LogP contribution >= 0.6 is 11.3 Å². The van der Waals surface area contributed by atoms with E-state index in [0.717, 1.165) is 28.9 Å². The number of nitrogens with zero attached hydrogens (tertiary/aromatic N) is 3. The Hall–Kier alpha value is -2.98. The molecule has 8 nitrogen and oxygen atoms in total. The molecule has 4 aromatic rings. The average molecular weight is 523 g/mol. The first-order valence-electron chi connectivity index (χ1n) is 12.6. The molecule has 196 valence electrons. The van der Waals surface area contributed by atoms with Gasteiger partial charge in [0.25, 0.3) is 0 Å². The number of hydrogen-bond acceptors (Lipinski definition) is 9. The number of rotatable bonds is 10. The third kappa shape index (κ3) is 5.80. The van der Waals surface area contributed by atoms with Gasteiger partial charge in [0.2, 0.25) is 5.95 Å². The molecule has 3 heterocycles. The Balaban J connectivity index is 1.45. The number of aliphatic hydroxyl groups excluding tert-OH is 1. The van der Waals surface area contributed by atoms with Crippen LogP contribution in [-0.4, -0.2) is 68.3 Å². The van der Waals surface area contributed by atoms with Gasteiger partial charge < -0.3 is 29.5 Å². The van der Waals surface area contributed by atoms with Gasteiger partial charge in [0.15, 0.2) is 0 Å². The molecule has 37 heavy (non-hydrogen) atoms. The molecular formula is C28H34N4O4S. The van der Waals surface area contributed by atoms with Gasteiger partial charge in [0.1, 0.15) is 11.6 Å². The minimum atomic E-state index is -0.0198. The van der Waals surface area contributed by atoms with Gasteiger partial charge in [0.05, 0.1) is 31.9 Å². The lowest BCUT2D eigenvalue weighted by Crippen LogP contribution is -2.46. The van der Waals surface area contributed by atoms with Crippen LogP contribution in [0.25, 0.3) is 21.0 Å². The largest absolute Gasteiger partial charge is 0.497 e. The predicted molar refractivity (Wildman–Crippen MR) is 149 cm³/mol. The fraction of sp³-hybridized carbons (Fsp3) is 0.429. The van der Waals surface area contributed by atoms with Crippen molar-refractivity contribution in [3.8, 4) is 5.75 Å². The number of aromatic nitrogens is 2. The van der Waals surface area contributed by atoms with Gasteiger partial charge in [0, 0.05) is 49.4 Å². The fourth-order valence-electron chi connectivity index (χ4n) is 4.91. The molecule has 0 amide bonds. The van der Waals surface area contributed by atoms with Crippen LogP contribution in [0.4, 0.5) is 11.8 Å². The molecule has 5 rings (SSSR count). The maximum atomic E-state index is 10.0. The van der Waals surface area contributed by atoms with E-state index in [9.17, 15) is 5.11 Å². The zero-order chi connectivity index (χ0) is 25.8. The summed E-state index contributed by atoms with van der Waals surface area (Å²) in [4.78, 5) is 12.0. The van der Waals surface area contributed by atoms with E-state index in [4.69, 9.17) is 24.2 Å². The number of methoxy groups -OCH3 is 2. The Labute approximate surface area is 221 Å². The summed E-state index contributed by atoms with van der Waals surface area (Å²) in [5.74, 6) is 2.22. The molecule has 0 bridgehead atoms. The van der Waals surface area contributed by atoms with Gasteiger partial charge in [-0.25, -0.2) is 4.98 Å². The van der Waals surface area contributed by atoms with Gasteiger partial charge in [-0.05, 0) is 65.6 Å². The normalized spacial score (nSPS) is 18.0. The van der Waals surface area contributed by atoms with E-state index in [1.807, 2.05) is 18.2 Å². The highest BCUT2D eigenvalue weighted by Gasteiger charge is 2.30. The number of hydrogen-bond donors (Lipinski definition) is 2.